The number of hydrogen-bond acceptors (Lipinski definition) is 12. The SMILES string of the molecule is COC(=O)c1ccc2c(c1)OC1(CC2)CCN(C(=O)Cc2ccccc2)CC1.COC(=O)c1ccc2c(c1)OC1(CCNCC1)CC2.O=C(CO)c1ccc2c(c1)OC1(CC2)CCN(C(=O)Cc2ccccc2)CC1. The molecule has 3 spiro atoms. The van der Waals surface area contributed by atoms with Gasteiger partial charge in [0, 0.05) is 57.4 Å². The minimum absolute atomic E-state index is 0.0347. The highest BCUT2D eigenvalue weighted by atomic mass is 16.5. The fourth-order valence-corrected chi connectivity index (χ4v) is 11.3. The Labute approximate surface area is 439 Å². The molecule has 6 aliphatic heterocycles. The number of amides is 2. The number of likely N-dealkylation sites (tertiary alicyclic amines) is 2. The summed E-state index contributed by atoms with van der Waals surface area (Å²) >= 11 is 0. The number of ether oxygens (including phenoxy) is 5. The van der Waals surface area contributed by atoms with E-state index in [1.807, 2.05) is 101 Å². The van der Waals surface area contributed by atoms with E-state index < -0.39 is 6.61 Å². The maximum absolute atomic E-state index is 12.6. The highest BCUT2D eigenvalue weighted by molar-refractivity contribution is 5.97. The molecular formula is C61H69N3O11. The Hall–Kier alpha value is -7.03. The molecule has 3 fully saturated rings. The van der Waals surface area contributed by atoms with E-state index in [-0.39, 0.29) is 46.3 Å². The Morgan fingerprint density at radius 1 is 0.493 bits per heavy atom. The van der Waals surface area contributed by atoms with Gasteiger partial charge in [0.05, 0.1) is 38.2 Å². The second-order valence-electron chi connectivity index (χ2n) is 20.7. The predicted octanol–water partition coefficient (Wildman–Crippen LogP) is 8.11. The van der Waals surface area contributed by atoms with Crippen LogP contribution in [0.15, 0.2) is 115 Å². The zero-order valence-electron chi connectivity index (χ0n) is 43.2. The first-order valence-corrected chi connectivity index (χ1v) is 26.5. The van der Waals surface area contributed by atoms with Crippen LogP contribution in [0, 0.1) is 0 Å². The first kappa shape index (κ1) is 52.8. The quantitative estimate of drug-likeness (QED) is 0.113. The van der Waals surface area contributed by atoms with E-state index in [0.29, 0.717) is 55.7 Å². The van der Waals surface area contributed by atoms with Crippen molar-refractivity contribution in [3.8, 4) is 17.2 Å². The Bertz CT molecular complexity index is 2680. The van der Waals surface area contributed by atoms with Gasteiger partial charge in [-0.1, -0.05) is 84.9 Å². The topological polar surface area (TPSA) is 170 Å². The van der Waals surface area contributed by atoms with Gasteiger partial charge < -0.3 is 43.9 Å². The van der Waals surface area contributed by atoms with Crippen molar-refractivity contribution in [1.82, 2.24) is 15.1 Å². The summed E-state index contributed by atoms with van der Waals surface area (Å²) in [6, 6.07) is 36.3. The van der Waals surface area contributed by atoms with Crippen LogP contribution in [0.3, 0.4) is 0 Å². The molecule has 0 atom stereocenters. The molecular weight excluding hydrogens is 951 g/mol. The van der Waals surface area contributed by atoms with Crippen molar-refractivity contribution in [2.45, 2.75) is 107 Å². The molecule has 6 heterocycles. The number of ketones is 1. The number of carbonyl (C=O) groups is 5. The average Bonchev–Trinajstić information content (AvgIpc) is 3.46. The minimum Gasteiger partial charge on any atom is -0.487 e. The van der Waals surface area contributed by atoms with Crippen molar-refractivity contribution >= 4 is 29.5 Å². The summed E-state index contributed by atoms with van der Waals surface area (Å²) in [5.41, 5.74) is 6.51. The number of nitrogens with zero attached hydrogens (tertiary/aromatic N) is 2. The molecule has 75 heavy (non-hydrogen) atoms. The third-order valence-corrected chi connectivity index (χ3v) is 16.0. The highest BCUT2D eigenvalue weighted by Crippen LogP contribution is 2.42. The summed E-state index contributed by atoms with van der Waals surface area (Å²) < 4.78 is 28.6. The van der Waals surface area contributed by atoms with Crippen molar-refractivity contribution in [2.24, 2.45) is 0 Å². The predicted molar refractivity (Wildman–Crippen MR) is 282 cm³/mol. The molecule has 2 amide bonds. The van der Waals surface area contributed by atoms with Crippen LogP contribution in [0.1, 0.15) is 117 Å². The number of esters is 2. The summed E-state index contributed by atoms with van der Waals surface area (Å²) in [5.74, 6) is 1.75. The molecule has 0 aromatic heterocycles. The molecule has 394 valence electrons. The van der Waals surface area contributed by atoms with Gasteiger partial charge in [0.25, 0.3) is 0 Å². The fourth-order valence-electron chi connectivity index (χ4n) is 11.3. The van der Waals surface area contributed by atoms with Gasteiger partial charge in [0.2, 0.25) is 11.8 Å². The highest BCUT2D eigenvalue weighted by Gasteiger charge is 2.42. The van der Waals surface area contributed by atoms with Gasteiger partial charge >= 0.3 is 11.9 Å². The van der Waals surface area contributed by atoms with Crippen molar-refractivity contribution in [1.29, 1.82) is 0 Å². The molecule has 0 bridgehead atoms. The molecule has 0 unspecified atom stereocenters. The van der Waals surface area contributed by atoms with Crippen LogP contribution in [-0.4, -0.2) is 121 Å². The first-order valence-electron chi connectivity index (χ1n) is 26.5. The Balaban J connectivity index is 0.000000141. The molecule has 2 N–H and O–H groups in total. The summed E-state index contributed by atoms with van der Waals surface area (Å²) in [6.07, 6.45) is 12.0. The number of hydrogen-bond donors (Lipinski definition) is 2. The monoisotopic (exact) mass is 1020 g/mol. The smallest absolute Gasteiger partial charge is 0.337 e. The van der Waals surface area contributed by atoms with E-state index >= 15 is 0 Å². The maximum Gasteiger partial charge on any atom is 0.337 e. The standard InChI is InChI=1S/2C23H25NO4.C15H19NO3/c1-27-22(26)19-8-7-18-9-10-23(28-20(18)16-19)11-13-24(14-12-23)21(25)15-17-5-3-2-4-6-17;25-16-20(26)19-7-6-18-8-9-23(28-21(18)15-19)10-12-24(13-11-23)22(27)14-17-4-2-1-3-5-17;1-18-14(17)12-3-2-11-4-5-15(19-13(11)10-12)6-8-16-9-7-15/h2-8,16H,9-15H2,1H3;1-7,15,25H,8-14,16H2;2-3,10,16H,4-9H2,1H3. The zero-order chi connectivity index (χ0) is 52.4. The lowest BCUT2D eigenvalue weighted by Gasteiger charge is -2.44. The average molecular weight is 1020 g/mol. The van der Waals surface area contributed by atoms with Crippen molar-refractivity contribution in [3.05, 3.63) is 160 Å². The molecule has 0 aliphatic carbocycles. The molecule has 6 aliphatic rings. The normalized spacial score (nSPS) is 18.3. The van der Waals surface area contributed by atoms with Gasteiger partial charge in [-0.3, -0.25) is 14.4 Å². The summed E-state index contributed by atoms with van der Waals surface area (Å²) in [7, 11) is 2.78. The van der Waals surface area contributed by atoms with E-state index in [1.54, 1.807) is 24.3 Å². The second-order valence-corrected chi connectivity index (χ2v) is 20.7. The largest absolute Gasteiger partial charge is 0.487 e. The van der Waals surface area contributed by atoms with Crippen LogP contribution < -0.4 is 19.5 Å². The van der Waals surface area contributed by atoms with E-state index in [2.05, 4.69) is 5.32 Å². The van der Waals surface area contributed by atoms with E-state index in [9.17, 15) is 24.0 Å². The number of aliphatic hydroxyl groups excluding tert-OH is 1. The van der Waals surface area contributed by atoms with Gasteiger partial charge in [-0.15, -0.1) is 0 Å². The minimum atomic E-state index is -0.498. The number of aryl methyl sites for hydroxylation is 3. The molecule has 0 radical (unpaired) electrons. The lowest BCUT2D eigenvalue weighted by atomic mass is 9.82. The second kappa shape index (κ2) is 23.7. The van der Waals surface area contributed by atoms with Crippen LogP contribution in [0.25, 0.3) is 0 Å². The van der Waals surface area contributed by atoms with Gasteiger partial charge in [-0.05, 0) is 123 Å². The number of Topliss-reactive ketones (excluding diaryl/α,β-unsaturated/α-hetero) is 1. The summed E-state index contributed by atoms with van der Waals surface area (Å²) in [5, 5.41) is 12.5. The molecule has 14 nitrogen and oxygen atoms in total. The molecule has 5 aromatic carbocycles. The van der Waals surface area contributed by atoms with E-state index in [0.717, 1.165) is 130 Å². The van der Waals surface area contributed by atoms with Gasteiger partial charge in [0.1, 0.15) is 40.7 Å². The number of benzene rings is 5. The van der Waals surface area contributed by atoms with E-state index in [1.165, 1.54) is 19.8 Å². The number of piperidine rings is 3. The van der Waals surface area contributed by atoms with Crippen molar-refractivity contribution in [3.63, 3.8) is 0 Å². The zero-order valence-corrected chi connectivity index (χ0v) is 43.2. The number of rotatable bonds is 8. The molecule has 11 rings (SSSR count). The third-order valence-electron chi connectivity index (χ3n) is 16.0. The summed E-state index contributed by atoms with van der Waals surface area (Å²) in [4.78, 5) is 64.3. The summed E-state index contributed by atoms with van der Waals surface area (Å²) in [6.45, 7) is 4.31. The molecule has 5 aromatic rings. The number of aliphatic hydroxyl groups is 1. The van der Waals surface area contributed by atoms with Crippen LogP contribution in [0.2, 0.25) is 0 Å². The van der Waals surface area contributed by atoms with Crippen molar-refractivity contribution < 1.29 is 52.8 Å². The third kappa shape index (κ3) is 12.7. The number of nitrogens with one attached hydrogen (secondary N) is 1. The maximum atomic E-state index is 12.6. The molecule has 0 saturated carbocycles. The van der Waals surface area contributed by atoms with Crippen LogP contribution >= 0.6 is 0 Å². The van der Waals surface area contributed by atoms with Crippen LogP contribution in [0.4, 0.5) is 0 Å². The number of methoxy groups -OCH3 is 2. The molecule has 3 saturated heterocycles. The lowest BCUT2D eigenvalue weighted by Crippen LogP contribution is -2.51. The van der Waals surface area contributed by atoms with Gasteiger partial charge in [0.15, 0.2) is 5.78 Å². The van der Waals surface area contributed by atoms with Gasteiger partial charge in [-0.2, -0.15) is 0 Å². The van der Waals surface area contributed by atoms with Gasteiger partial charge in [-0.25, -0.2) is 9.59 Å². The van der Waals surface area contributed by atoms with Crippen LogP contribution in [0.5, 0.6) is 17.2 Å². The first-order chi connectivity index (χ1) is 36.4. The van der Waals surface area contributed by atoms with Crippen molar-refractivity contribution in [2.75, 3.05) is 60.1 Å². The fraction of sp³-hybridized carbons (Fsp3) is 0.426. The van der Waals surface area contributed by atoms with E-state index in [4.69, 9.17) is 28.8 Å². The number of fused-ring (bicyclic) bond motifs is 3. The Kier molecular flexibility index (Phi) is 16.7. The Morgan fingerprint density at radius 2 is 0.853 bits per heavy atom. The lowest BCUT2D eigenvalue weighted by molar-refractivity contribution is -0.135. The van der Waals surface area contributed by atoms with Crippen LogP contribution in [-0.2, 0) is 51.2 Å². The number of carbonyl (C=O) groups excluding carboxylic acids is 5. The molecule has 14 heteroatoms. The Morgan fingerprint density at radius 3 is 1.23 bits per heavy atom.